The first-order chi connectivity index (χ1) is 9.20. The Hall–Kier alpha value is 0.270. The molecule has 4 atom stereocenters. The topological polar surface area (TPSA) is 21.3 Å². The van der Waals surface area contributed by atoms with Crippen LogP contribution < -0.4 is 5.32 Å². The predicted molar refractivity (Wildman–Crippen MR) is 84.9 cm³/mol. The third kappa shape index (κ3) is 4.64. The SMILES string of the molecule is CCCNC1CC(C)CC(C)C1SC1CCOCC1. The summed E-state index contributed by atoms with van der Waals surface area (Å²) in [6, 6.07) is 0.728. The third-order valence-corrected chi connectivity index (χ3v) is 6.53. The van der Waals surface area contributed by atoms with E-state index in [4.69, 9.17) is 4.74 Å². The molecule has 19 heavy (non-hydrogen) atoms. The fraction of sp³-hybridized carbons (Fsp3) is 1.00. The molecule has 2 fully saturated rings. The molecule has 2 rings (SSSR count). The van der Waals surface area contributed by atoms with Gasteiger partial charge in [0.25, 0.3) is 0 Å². The first-order valence-corrected chi connectivity index (χ1v) is 9.11. The quantitative estimate of drug-likeness (QED) is 0.832. The molecule has 112 valence electrons. The van der Waals surface area contributed by atoms with Crippen LogP contribution in [0.25, 0.3) is 0 Å². The van der Waals surface area contributed by atoms with E-state index in [-0.39, 0.29) is 0 Å². The highest BCUT2D eigenvalue weighted by atomic mass is 32.2. The maximum Gasteiger partial charge on any atom is 0.0476 e. The normalized spacial score (nSPS) is 37.4. The minimum atomic E-state index is 0.728. The summed E-state index contributed by atoms with van der Waals surface area (Å²) in [5.74, 6) is 1.74. The Morgan fingerprint density at radius 1 is 1.16 bits per heavy atom. The van der Waals surface area contributed by atoms with Gasteiger partial charge in [-0.05, 0) is 50.5 Å². The van der Waals surface area contributed by atoms with E-state index in [0.29, 0.717) is 0 Å². The lowest BCUT2D eigenvalue weighted by Crippen LogP contribution is -2.47. The summed E-state index contributed by atoms with van der Waals surface area (Å²) >= 11 is 2.27. The highest BCUT2D eigenvalue weighted by Gasteiger charge is 2.35. The molecule has 2 nitrogen and oxygen atoms in total. The van der Waals surface area contributed by atoms with Crippen molar-refractivity contribution in [1.82, 2.24) is 5.32 Å². The molecule has 1 saturated carbocycles. The Morgan fingerprint density at radius 3 is 2.58 bits per heavy atom. The molecule has 0 bridgehead atoms. The second-order valence-corrected chi connectivity index (χ2v) is 8.01. The van der Waals surface area contributed by atoms with Gasteiger partial charge < -0.3 is 10.1 Å². The van der Waals surface area contributed by atoms with Gasteiger partial charge in [0, 0.05) is 29.8 Å². The molecule has 1 heterocycles. The molecule has 1 saturated heterocycles. The second-order valence-electron chi connectivity index (χ2n) is 6.53. The lowest BCUT2D eigenvalue weighted by molar-refractivity contribution is 0.0996. The Kier molecular flexibility index (Phi) is 6.51. The van der Waals surface area contributed by atoms with Crippen molar-refractivity contribution in [3.05, 3.63) is 0 Å². The zero-order chi connectivity index (χ0) is 13.7. The summed E-state index contributed by atoms with van der Waals surface area (Å²) in [5, 5.41) is 5.46. The van der Waals surface area contributed by atoms with Gasteiger partial charge in [-0.3, -0.25) is 0 Å². The van der Waals surface area contributed by atoms with Crippen LogP contribution in [-0.2, 0) is 4.74 Å². The first kappa shape index (κ1) is 15.7. The van der Waals surface area contributed by atoms with Crippen LogP contribution in [0.15, 0.2) is 0 Å². The molecular formula is C16H31NOS. The van der Waals surface area contributed by atoms with E-state index in [2.05, 4.69) is 37.8 Å². The molecule has 2 aliphatic rings. The van der Waals surface area contributed by atoms with Gasteiger partial charge in [0.2, 0.25) is 0 Å². The zero-order valence-electron chi connectivity index (χ0n) is 12.9. The fourth-order valence-corrected chi connectivity index (χ4v) is 5.31. The van der Waals surface area contributed by atoms with E-state index in [9.17, 15) is 0 Å². The van der Waals surface area contributed by atoms with Crippen molar-refractivity contribution < 1.29 is 4.74 Å². The standard InChI is InChI=1S/C16H31NOS/c1-4-7-17-15-11-12(2)10-13(3)16(15)19-14-5-8-18-9-6-14/h12-17H,4-11H2,1-3H3. The summed E-state index contributed by atoms with van der Waals surface area (Å²) in [7, 11) is 0. The summed E-state index contributed by atoms with van der Waals surface area (Å²) in [4.78, 5) is 0. The van der Waals surface area contributed by atoms with Crippen LogP contribution in [0.4, 0.5) is 0 Å². The largest absolute Gasteiger partial charge is 0.381 e. The number of thioether (sulfide) groups is 1. The molecule has 0 aromatic rings. The molecule has 0 spiro atoms. The first-order valence-electron chi connectivity index (χ1n) is 8.17. The second kappa shape index (κ2) is 7.90. The molecule has 0 amide bonds. The molecular weight excluding hydrogens is 254 g/mol. The van der Waals surface area contributed by atoms with E-state index >= 15 is 0 Å². The van der Waals surface area contributed by atoms with Crippen molar-refractivity contribution in [2.24, 2.45) is 11.8 Å². The molecule has 0 aromatic carbocycles. The van der Waals surface area contributed by atoms with Crippen LogP contribution in [0.5, 0.6) is 0 Å². The average molecular weight is 285 g/mol. The van der Waals surface area contributed by atoms with Gasteiger partial charge in [0.1, 0.15) is 0 Å². The Morgan fingerprint density at radius 2 is 1.89 bits per heavy atom. The molecule has 1 N–H and O–H groups in total. The van der Waals surface area contributed by atoms with Crippen LogP contribution in [0.2, 0.25) is 0 Å². The monoisotopic (exact) mass is 285 g/mol. The average Bonchev–Trinajstić information content (AvgIpc) is 2.41. The predicted octanol–water partition coefficient (Wildman–Crippen LogP) is 3.70. The van der Waals surface area contributed by atoms with Crippen LogP contribution in [0.3, 0.4) is 0 Å². The molecule has 0 radical (unpaired) electrons. The lowest BCUT2D eigenvalue weighted by Gasteiger charge is -2.41. The van der Waals surface area contributed by atoms with Crippen molar-refractivity contribution in [2.45, 2.75) is 69.4 Å². The van der Waals surface area contributed by atoms with E-state index in [0.717, 1.165) is 41.6 Å². The van der Waals surface area contributed by atoms with Gasteiger partial charge in [0.15, 0.2) is 0 Å². The number of nitrogens with one attached hydrogen (secondary N) is 1. The Labute approximate surface area is 123 Å². The number of hydrogen-bond acceptors (Lipinski definition) is 3. The van der Waals surface area contributed by atoms with Crippen LogP contribution in [0, 0.1) is 11.8 Å². The van der Waals surface area contributed by atoms with E-state index in [1.807, 2.05) is 0 Å². The maximum absolute atomic E-state index is 5.50. The fourth-order valence-electron chi connectivity index (χ4n) is 3.62. The highest BCUT2D eigenvalue weighted by Crippen LogP contribution is 2.40. The minimum Gasteiger partial charge on any atom is -0.381 e. The van der Waals surface area contributed by atoms with Crippen molar-refractivity contribution in [1.29, 1.82) is 0 Å². The van der Waals surface area contributed by atoms with Crippen LogP contribution >= 0.6 is 11.8 Å². The van der Waals surface area contributed by atoms with E-state index < -0.39 is 0 Å². The maximum atomic E-state index is 5.50. The number of hydrogen-bond donors (Lipinski definition) is 1. The van der Waals surface area contributed by atoms with Crippen molar-refractivity contribution in [3.8, 4) is 0 Å². The molecule has 4 unspecified atom stereocenters. The van der Waals surface area contributed by atoms with Crippen molar-refractivity contribution in [3.63, 3.8) is 0 Å². The zero-order valence-corrected chi connectivity index (χ0v) is 13.7. The summed E-state index contributed by atoms with van der Waals surface area (Å²) in [5.41, 5.74) is 0. The van der Waals surface area contributed by atoms with Crippen LogP contribution in [0.1, 0.15) is 52.9 Å². The molecule has 1 aliphatic carbocycles. The van der Waals surface area contributed by atoms with Gasteiger partial charge >= 0.3 is 0 Å². The number of ether oxygens (including phenoxy) is 1. The highest BCUT2D eigenvalue weighted by molar-refractivity contribution is 8.00. The van der Waals surface area contributed by atoms with Crippen molar-refractivity contribution >= 4 is 11.8 Å². The smallest absolute Gasteiger partial charge is 0.0476 e. The Balaban J connectivity index is 1.91. The van der Waals surface area contributed by atoms with Gasteiger partial charge in [-0.1, -0.05) is 20.8 Å². The van der Waals surface area contributed by atoms with Gasteiger partial charge in [-0.15, -0.1) is 0 Å². The van der Waals surface area contributed by atoms with Gasteiger partial charge in [-0.25, -0.2) is 0 Å². The third-order valence-electron chi connectivity index (χ3n) is 4.56. The minimum absolute atomic E-state index is 0.728. The summed E-state index contributed by atoms with van der Waals surface area (Å²) < 4.78 is 5.50. The van der Waals surface area contributed by atoms with Gasteiger partial charge in [0.05, 0.1) is 0 Å². The van der Waals surface area contributed by atoms with Crippen molar-refractivity contribution in [2.75, 3.05) is 19.8 Å². The van der Waals surface area contributed by atoms with E-state index in [1.165, 1.54) is 38.6 Å². The Bertz CT molecular complexity index is 255. The summed E-state index contributed by atoms with van der Waals surface area (Å²) in [6.45, 7) is 10.3. The van der Waals surface area contributed by atoms with E-state index in [1.54, 1.807) is 0 Å². The van der Waals surface area contributed by atoms with Gasteiger partial charge in [-0.2, -0.15) is 11.8 Å². The summed E-state index contributed by atoms with van der Waals surface area (Å²) in [6.07, 6.45) is 6.53. The molecule has 1 aliphatic heterocycles. The molecule has 3 heteroatoms. The number of rotatable bonds is 5. The lowest BCUT2D eigenvalue weighted by atomic mass is 9.80. The molecule has 0 aromatic heterocycles. The van der Waals surface area contributed by atoms with Crippen LogP contribution in [-0.4, -0.2) is 36.3 Å².